The summed E-state index contributed by atoms with van der Waals surface area (Å²) in [6.45, 7) is 2.09. The van der Waals surface area contributed by atoms with Gasteiger partial charge in [0.25, 0.3) is 0 Å². The summed E-state index contributed by atoms with van der Waals surface area (Å²) in [5.41, 5.74) is 2.13. The van der Waals surface area contributed by atoms with Crippen LogP contribution in [0.4, 0.5) is 0 Å². The molecule has 0 atom stereocenters. The summed E-state index contributed by atoms with van der Waals surface area (Å²) in [6, 6.07) is 5.80. The van der Waals surface area contributed by atoms with Crippen molar-refractivity contribution in [2.24, 2.45) is 0 Å². The maximum Gasteiger partial charge on any atom is 0.137 e. The van der Waals surface area contributed by atoms with Crippen LogP contribution in [-0.2, 0) is 6.42 Å². The van der Waals surface area contributed by atoms with Gasteiger partial charge in [-0.05, 0) is 30.2 Å². The Morgan fingerprint density at radius 3 is 3.00 bits per heavy atom. The third-order valence-corrected chi connectivity index (χ3v) is 2.19. The molecule has 1 aromatic heterocycles. The Balaban J connectivity index is 2.80. The van der Waals surface area contributed by atoms with E-state index < -0.39 is 0 Å². The highest BCUT2D eigenvalue weighted by Gasteiger charge is 2.03. The smallest absolute Gasteiger partial charge is 0.137 e. The van der Waals surface area contributed by atoms with Gasteiger partial charge in [0.1, 0.15) is 5.58 Å². The average Bonchev–Trinajstić information content (AvgIpc) is 2.50. The van der Waals surface area contributed by atoms with Crippen molar-refractivity contribution in [3.05, 3.63) is 35.0 Å². The number of halogens is 1. The van der Waals surface area contributed by atoms with E-state index in [2.05, 4.69) is 6.92 Å². The number of hydrogen-bond donors (Lipinski definition) is 0. The van der Waals surface area contributed by atoms with Crippen LogP contribution in [0.25, 0.3) is 11.0 Å². The first kappa shape index (κ1) is 7.69. The summed E-state index contributed by atoms with van der Waals surface area (Å²) in [5, 5.41) is 1.86. The van der Waals surface area contributed by atoms with Crippen LogP contribution in [-0.4, -0.2) is 0 Å². The fourth-order valence-electron chi connectivity index (χ4n) is 1.38. The molecule has 2 heteroatoms. The van der Waals surface area contributed by atoms with E-state index in [0.29, 0.717) is 0 Å². The molecule has 1 aromatic carbocycles. The van der Waals surface area contributed by atoms with Gasteiger partial charge in [0.15, 0.2) is 0 Å². The molecule has 62 valence electrons. The minimum atomic E-state index is 0.778. The normalized spacial score (nSPS) is 10.8. The zero-order valence-electron chi connectivity index (χ0n) is 6.80. The zero-order valence-corrected chi connectivity index (χ0v) is 7.56. The number of rotatable bonds is 1. The summed E-state index contributed by atoms with van der Waals surface area (Å²) >= 11 is 5.92. The first-order valence-corrected chi connectivity index (χ1v) is 4.34. The van der Waals surface area contributed by atoms with Crippen LogP contribution in [0, 0.1) is 0 Å². The SMILES string of the molecule is CCc1cc(Cl)cc2ccoc12. The third kappa shape index (κ3) is 1.10. The highest BCUT2D eigenvalue weighted by Crippen LogP contribution is 2.24. The Hall–Kier alpha value is -0.950. The van der Waals surface area contributed by atoms with Crippen molar-refractivity contribution in [2.45, 2.75) is 13.3 Å². The van der Waals surface area contributed by atoms with E-state index >= 15 is 0 Å². The molecule has 0 N–H and O–H groups in total. The van der Waals surface area contributed by atoms with E-state index in [4.69, 9.17) is 16.0 Å². The minimum absolute atomic E-state index is 0.778. The largest absolute Gasteiger partial charge is 0.464 e. The number of aryl methyl sites for hydroxylation is 1. The molecule has 0 saturated heterocycles. The Kier molecular flexibility index (Phi) is 1.81. The minimum Gasteiger partial charge on any atom is -0.464 e. The second-order valence-electron chi connectivity index (χ2n) is 2.76. The molecule has 0 bridgehead atoms. The highest BCUT2D eigenvalue weighted by molar-refractivity contribution is 6.31. The van der Waals surface area contributed by atoms with Gasteiger partial charge in [-0.3, -0.25) is 0 Å². The van der Waals surface area contributed by atoms with Gasteiger partial charge in [0.05, 0.1) is 6.26 Å². The van der Waals surface area contributed by atoms with Crippen molar-refractivity contribution in [2.75, 3.05) is 0 Å². The van der Waals surface area contributed by atoms with Gasteiger partial charge >= 0.3 is 0 Å². The zero-order chi connectivity index (χ0) is 8.55. The molecule has 2 aromatic rings. The Morgan fingerprint density at radius 1 is 1.42 bits per heavy atom. The van der Waals surface area contributed by atoms with Gasteiger partial charge in [-0.1, -0.05) is 18.5 Å². The quantitative estimate of drug-likeness (QED) is 0.653. The van der Waals surface area contributed by atoms with Crippen molar-refractivity contribution in [3.8, 4) is 0 Å². The van der Waals surface area contributed by atoms with Crippen LogP contribution in [0.15, 0.2) is 28.9 Å². The maximum absolute atomic E-state index is 5.92. The Morgan fingerprint density at radius 2 is 2.25 bits per heavy atom. The molecule has 12 heavy (non-hydrogen) atoms. The maximum atomic E-state index is 5.92. The fourth-order valence-corrected chi connectivity index (χ4v) is 1.63. The summed E-state index contributed by atoms with van der Waals surface area (Å²) < 4.78 is 5.34. The molecule has 0 aliphatic carbocycles. The van der Waals surface area contributed by atoms with Crippen molar-refractivity contribution in [1.29, 1.82) is 0 Å². The van der Waals surface area contributed by atoms with Crippen molar-refractivity contribution in [1.82, 2.24) is 0 Å². The van der Waals surface area contributed by atoms with Crippen LogP contribution in [0.2, 0.25) is 5.02 Å². The molecule has 0 fully saturated rings. The molecule has 0 radical (unpaired) electrons. The van der Waals surface area contributed by atoms with Crippen LogP contribution in [0.1, 0.15) is 12.5 Å². The van der Waals surface area contributed by atoms with Gasteiger partial charge in [-0.2, -0.15) is 0 Å². The number of hydrogen-bond acceptors (Lipinski definition) is 1. The molecular weight excluding hydrogens is 172 g/mol. The Labute approximate surface area is 75.9 Å². The standard InChI is InChI=1S/C10H9ClO/c1-2-7-5-9(11)6-8-3-4-12-10(7)8/h3-6H,2H2,1H3. The molecule has 0 spiro atoms. The molecule has 0 aliphatic heterocycles. The van der Waals surface area contributed by atoms with Crippen molar-refractivity contribution in [3.63, 3.8) is 0 Å². The molecule has 0 saturated carbocycles. The predicted octanol–water partition coefficient (Wildman–Crippen LogP) is 3.65. The molecule has 1 heterocycles. The number of fused-ring (bicyclic) bond motifs is 1. The molecule has 0 amide bonds. The molecule has 0 unspecified atom stereocenters. The summed E-state index contributed by atoms with van der Waals surface area (Å²) in [6.07, 6.45) is 2.64. The molecule has 0 aliphatic rings. The van der Waals surface area contributed by atoms with Crippen molar-refractivity contribution >= 4 is 22.6 Å². The predicted molar refractivity (Wildman–Crippen MR) is 50.6 cm³/mol. The fraction of sp³-hybridized carbons (Fsp3) is 0.200. The summed E-state index contributed by atoms with van der Waals surface area (Å²) in [7, 11) is 0. The highest BCUT2D eigenvalue weighted by atomic mass is 35.5. The number of furan rings is 1. The molecule has 1 nitrogen and oxygen atoms in total. The second kappa shape index (κ2) is 2.83. The lowest BCUT2D eigenvalue weighted by Gasteiger charge is -1.98. The van der Waals surface area contributed by atoms with Crippen molar-refractivity contribution < 1.29 is 4.42 Å². The van der Waals surface area contributed by atoms with Gasteiger partial charge in [0, 0.05) is 10.4 Å². The van der Waals surface area contributed by atoms with E-state index in [1.807, 2.05) is 18.2 Å². The first-order valence-electron chi connectivity index (χ1n) is 3.97. The average molecular weight is 181 g/mol. The van der Waals surface area contributed by atoms with Crippen LogP contribution >= 0.6 is 11.6 Å². The first-order chi connectivity index (χ1) is 5.81. The second-order valence-corrected chi connectivity index (χ2v) is 3.19. The topological polar surface area (TPSA) is 13.1 Å². The lowest BCUT2D eigenvalue weighted by Crippen LogP contribution is -1.80. The summed E-state index contributed by atoms with van der Waals surface area (Å²) in [5.74, 6) is 0. The number of benzene rings is 1. The van der Waals surface area contributed by atoms with Gasteiger partial charge in [0.2, 0.25) is 0 Å². The van der Waals surface area contributed by atoms with Gasteiger partial charge in [-0.25, -0.2) is 0 Å². The van der Waals surface area contributed by atoms with Crippen LogP contribution in [0.3, 0.4) is 0 Å². The van der Waals surface area contributed by atoms with E-state index in [9.17, 15) is 0 Å². The molecule has 2 rings (SSSR count). The molecular formula is C10H9ClO. The van der Waals surface area contributed by atoms with Gasteiger partial charge < -0.3 is 4.42 Å². The monoisotopic (exact) mass is 180 g/mol. The van der Waals surface area contributed by atoms with Crippen LogP contribution in [0.5, 0.6) is 0 Å². The summed E-state index contributed by atoms with van der Waals surface area (Å²) in [4.78, 5) is 0. The van der Waals surface area contributed by atoms with E-state index in [0.717, 1.165) is 22.4 Å². The van der Waals surface area contributed by atoms with E-state index in [-0.39, 0.29) is 0 Å². The van der Waals surface area contributed by atoms with Crippen LogP contribution < -0.4 is 0 Å². The third-order valence-electron chi connectivity index (χ3n) is 1.97. The lowest BCUT2D eigenvalue weighted by atomic mass is 10.1. The van der Waals surface area contributed by atoms with Gasteiger partial charge in [-0.15, -0.1) is 0 Å². The van der Waals surface area contributed by atoms with E-state index in [1.54, 1.807) is 6.26 Å². The van der Waals surface area contributed by atoms with E-state index in [1.165, 1.54) is 5.56 Å². The Bertz CT molecular complexity index is 403. The lowest BCUT2D eigenvalue weighted by molar-refractivity contribution is 0.611.